The van der Waals surface area contributed by atoms with Gasteiger partial charge in [0.1, 0.15) is 0 Å². The monoisotopic (exact) mass is 302 g/mol. The Morgan fingerprint density at radius 2 is 2.00 bits per heavy atom. The van der Waals surface area contributed by atoms with Crippen LogP contribution in [0.2, 0.25) is 10.0 Å². The highest BCUT2D eigenvalue weighted by atomic mass is 35.5. The molecule has 1 rings (SSSR count). The summed E-state index contributed by atoms with van der Waals surface area (Å²) in [6.45, 7) is 1.55. The molecule has 0 saturated heterocycles. The van der Waals surface area contributed by atoms with Crippen molar-refractivity contribution in [3.63, 3.8) is 0 Å². The third kappa shape index (κ3) is 6.81. The zero-order valence-corrected chi connectivity index (χ0v) is 12.7. The van der Waals surface area contributed by atoms with E-state index in [0.717, 1.165) is 31.4 Å². The fourth-order valence-corrected chi connectivity index (χ4v) is 2.25. The molecule has 2 N–H and O–H groups in total. The summed E-state index contributed by atoms with van der Waals surface area (Å²) in [5, 5.41) is 7.26. The lowest BCUT2D eigenvalue weighted by Gasteiger charge is -2.07. The summed E-state index contributed by atoms with van der Waals surface area (Å²) in [6.07, 6.45) is 3.15. The summed E-state index contributed by atoms with van der Waals surface area (Å²) in [5.74, 6) is 0.109. The molecule has 0 atom stereocenters. The normalized spacial score (nSPS) is 10.5. The number of benzene rings is 1. The van der Waals surface area contributed by atoms with Crippen LogP contribution in [-0.2, 0) is 11.2 Å². The van der Waals surface area contributed by atoms with Gasteiger partial charge >= 0.3 is 0 Å². The number of carbonyl (C=O) groups is 1. The van der Waals surface area contributed by atoms with E-state index in [1.807, 2.05) is 19.2 Å². The quantitative estimate of drug-likeness (QED) is 0.725. The maximum atomic E-state index is 11.5. The third-order valence-electron chi connectivity index (χ3n) is 2.79. The van der Waals surface area contributed by atoms with Gasteiger partial charge in [0.2, 0.25) is 5.91 Å². The molecule has 0 aliphatic heterocycles. The molecule has 0 saturated carbocycles. The van der Waals surface area contributed by atoms with E-state index < -0.39 is 0 Å². The molecular weight excluding hydrogens is 283 g/mol. The number of halogens is 2. The molecule has 1 aromatic rings. The highest BCUT2D eigenvalue weighted by Crippen LogP contribution is 2.21. The Labute approximate surface area is 124 Å². The van der Waals surface area contributed by atoms with Crippen molar-refractivity contribution in [2.24, 2.45) is 0 Å². The summed E-state index contributed by atoms with van der Waals surface area (Å²) in [4.78, 5) is 11.5. The first-order chi connectivity index (χ1) is 9.13. The van der Waals surface area contributed by atoms with Gasteiger partial charge in [0, 0.05) is 23.0 Å². The Hall–Kier alpha value is -0.770. The van der Waals surface area contributed by atoms with E-state index in [0.29, 0.717) is 23.0 Å². The molecule has 0 aliphatic carbocycles. The molecule has 0 aliphatic rings. The van der Waals surface area contributed by atoms with Crippen LogP contribution in [0.3, 0.4) is 0 Å². The summed E-state index contributed by atoms with van der Waals surface area (Å²) >= 11 is 11.9. The van der Waals surface area contributed by atoms with Gasteiger partial charge in [0.25, 0.3) is 0 Å². The van der Waals surface area contributed by atoms with Crippen LogP contribution in [0.5, 0.6) is 0 Å². The summed E-state index contributed by atoms with van der Waals surface area (Å²) in [6, 6.07) is 5.51. The van der Waals surface area contributed by atoms with Crippen LogP contribution in [0.15, 0.2) is 18.2 Å². The molecule has 0 unspecified atom stereocenters. The number of amides is 1. The molecule has 5 heteroatoms. The van der Waals surface area contributed by atoms with Crippen LogP contribution in [0.4, 0.5) is 0 Å². The summed E-state index contributed by atoms with van der Waals surface area (Å²) in [7, 11) is 1.88. The SMILES string of the molecule is CNCCCC(=O)NCCCc1ccc(Cl)cc1Cl. The second-order valence-corrected chi connectivity index (χ2v) is 5.24. The van der Waals surface area contributed by atoms with E-state index in [-0.39, 0.29) is 5.91 Å². The van der Waals surface area contributed by atoms with Crippen molar-refractivity contribution in [3.05, 3.63) is 33.8 Å². The first-order valence-corrected chi connectivity index (χ1v) is 7.24. The average Bonchev–Trinajstić information content (AvgIpc) is 2.37. The lowest BCUT2D eigenvalue weighted by Crippen LogP contribution is -2.25. The van der Waals surface area contributed by atoms with Crippen molar-refractivity contribution >= 4 is 29.1 Å². The molecule has 0 radical (unpaired) electrons. The molecule has 106 valence electrons. The minimum Gasteiger partial charge on any atom is -0.356 e. The number of aryl methyl sites for hydroxylation is 1. The molecule has 19 heavy (non-hydrogen) atoms. The van der Waals surface area contributed by atoms with Crippen molar-refractivity contribution in [2.45, 2.75) is 25.7 Å². The molecule has 0 spiro atoms. The second-order valence-electron chi connectivity index (χ2n) is 4.40. The van der Waals surface area contributed by atoms with E-state index in [2.05, 4.69) is 10.6 Å². The first-order valence-electron chi connectivity index (χ1n) is 6.48. The van der Waals surface area contributed by atoms with Crippen molar-refractivity contribution in [1.82, 2.24) is 10.6 Å². The Morgan fingerprint density at radius 1 is 1.21 bits per heavy atom. The molecular formula is C14H20Cl2N2O. The fraction of sp³-hybridized carbons (Fsp3) is 0.500. The predicted molar refractivity (Wildman–Crippen MR) is 81.0 cm³/mol. The van der Waals surface area contributed by atoms with Crippen molar-refractivity contribution in [1.29, 1.82) is 0 Å². The molecule has 1 aromatic carbocycles. The van der Waals surface area contributed by atoms with Crippen molar-refractivity contribution in [2.75, 3.05) is 20.1 Å². The Balaban J connectivity index is 2.18. The highest BCUT2D eigenvalue weighted by molar-refractivity contribution is 6.35. The highest BCUT2D eigenvalue weighted by Gasteiger charge is 2.03. The Bertz CT molecular complexity index is 410. The van der Waals surface area contributed by atoms with Crippen LogP contribution < -0.4 is 10.6 Å². The molecule has 1 amide bonds. The molecule has 0 fully saturated rings. The maximum Gasteiger partial charge on any atom is 0.220 e. The summed E-state index contributed by atoms with van der Waals surface area (Å²) < 4.78 is 0. The lowest BCUT2D eigenvalue weighted by molar-refractivity contribution is -0.121. The largest absolute Gasteiger partial charge is 0.356 e. The molecule has 3 nitrogen and oxygen atoms in total. The van der Waals surface area contributed by atoms with E-state index >= 15 is 0 Å². The van der Waals surface area contributed by atoms with E-state index in [1.165, 1.54) is 0 Å². The average molecular weight is 303 g/mol. The zero-order valence-electron chi connectivity index (χ0n) is 11.1. The van der Waals surface area contributed by atoms with Gasteiger partial charge in [-0.15, -0.1) is 0 Å². The number of carbonyl (C=O) groups excluding carboxylic acids is 1. The Morgan fingerprint density at radius 3 is 2.68 bits per heavy atom. The second kappa shape index (κ2) is 9.18. The van der Waals surface area contributed by atoms with E-state index in [4.69, 9.17) is 23.2 Å². The smallest absolute Gasteiger partial charge is 0.220 e. The Kier molecular flexibility index (Phi) is 7.87. The number of hydrogen-bond acceptors (Lipinski definition) is 2. The van der Waals surface area contributed by atoms with Gasteiger partial charge in [-0.1, -0.05) is 29.3 Å². The number of rotatable bonds is 8. The third-order valence-corrected chi connectivity index (χ3v) is 3.38. The van der Waals surface area contributed by atoms with Gasteiger partial charge in [0.05, 0.1) is 0 Å². The number of nitrogens with one attached hydrogen (secondary N) is 2. The minimum atomic E-state index is 0.109. The van der Waals surface area contributed by atoms with Crippen LogP contribution in [0, 0.1) is 0 Å². The zero-order chi connectivity index (χ0) is 14.1. The molecule has 0 bridgehead atoms. The van der Waals surface area contributed by atoms with Gasteiger partial charge in [-0.05, 0) is 50.6 Å². The lowest BCUT2D eigenvalue weighted by atomic mass is 10.1. The molecule has 0 heterocycles. The standard InChI is InChI=1S/C14H20Cl2N2O/c1-17-8-3-5-14(19)18-9-2-4-11-6-7-12(15)10-13(11)16/h6-7,10,17H,2-5,8-9H2,1H3,(H,18,19). The summed E-state index contributed by atoms with van der Waals surface area (Å²) in [5.41, 5.74) is 1.07. The van der Waals surface area contributed by atoms with Gasteiger partial charge in [-0.3, -0.25) is 4.79 Å². The van der Waals surface area contributed by atoms with Gasteiger partial charge in [-0.25, -0.2) is 0 Å². The van der Waals surface area contributed by atoms with Gasteiger partial charge in [-0.2, -0.15) is 0 Å². The van der Waals surface area contributed by atoms with Crippen molar-refractivity contribution < 1.29 is 4.79 Å². The van der Waals surface area contributed by atoms with Gasteiger partial charge in [0.15, 0.2) is 0 Å². The number of hydrogen-bond donors (Lipinski definition) is 2. The minimum absolute atomic E-state index is 0.109. The first kappa shape index (κ1) is 16.3. The van der Waals surface area contributed by atoms with Crippen LogP contribution in [-0.4, -0.2) is 26.0 Å². The van der Waals surface area contributed by atoms with Crippen molar-refractivity contribution in [3.8, 4) is 0 Å². The van der Waals surface area contributed by atoms with Crippen LogP contribution in [0.25, 0.3) is 0 Å². The maximum absolute atomic E-state index is 11.5. The van der Waals surface area contributed by atoms with E-state index in [1.54, 1.807) is 6.07 Å². The van der Waals surface area contributed by atoms with E-state index in [9.17, 15) is 4.79 Å². The predicted octanol–water partition coefficient (Wildman–Crippen LogP) is 3.04. The fourth-order valence-electron chi connectivity index (χ4n) is 1.75. The molecule has 0 aromatic heterocycles. The topological polar surface area (TPSA) is 41.1 Å². The van der Waals surface area contributed by atoms with Crippen LogP contribution in [0.1, 0.15) is 24.8 Å². The van der Waals surface area contributed by atoms with Crippen LogP contribution >= 0.6 is 23.2 Å². The van der Waals surface area contributed by atoms with Gasteiger partial charge < -0.3 is 10.6 Å².